The molecule has 0 amide bonds. The summed E-state index contributed by atoms with van der Waals surface area (Å²) < 4.78 is 12.6. The number of nitrogens with zero attached hydrogens (tertiary/aromatic N) is 2. The Morgan fingerprint density at radius 1 is 1.19 bits per heavy atom. The zero-order valence-corrected chi connectivity index (χ0v) is 18.4. The van der Waals surface area contributed by atoms with Crippen LogP contribution in [0.25, 0.3) is 0 Å². The van der Waals surface area contributed by atoms with Crippen LogP contribution in [0.1, 0.15) is 48.4 Å². The molecule has 0 spiro atoms. The summed E-state index contributed by atoms with van der Waals surface area (Å²) in [6.07, 6.45) is 3.73. The van der Waals surface area contributed by atoms with Crippen LogP contribution in [0.4, 0.5) is 0 Å². The van der Waals surface area contributed by atoms with Gasteiger partial charge >= 0.3 is 0 Å². The Labute approximate surface area is 182 Å². The molecule has 1 aromatic carbocycles. The molecule has 1 N–H and O–H groups in total. The van der Waals surface area contributed by atoms with E-state index in [0.29, 0.717) is 29.5 Å². The molecule has 0 unspecified atom stereocenters. The van der Waals surface area contributed by atoms with Crippen molar-refractivity contribution >= 4 is 0 Å². The number of aromatic nitrogens is 1. The molecule has 164 valence electrons. The van der Waals surface area contributed by atoms with Gasteiger partial charge in [-0.25, -0.2) is 0 Å². The lowest BCUT2D eigenvalue weighted by molar-refractivity contribution is 0.154. The molecule has 1 fully saturated rings. The van der Waals surface area contributed by atoms with Gasteiger partial charge in [0.2, 0.25) is 0 Å². The molecule has 31 heavy (non-hydrogen) atoms. The summed E-state index contributed by atoms with van der Waals surface area (Å²) >= 11 is 0. The van der Waals surface area contributed by atoms with Gasteiger partial charge in [0.15, 0.2) is 0 Å². The predicted octanol–water partition coefficient (Wildman–Crippen LogP) is 4.33. The smallest absolute Gasteiger partial charge is 0.260 e. The molecular formula is C25H30N2O4. The van der Waals surface area contributed by atoms with Crippen molar-refractivity contribution in [3.8, 4) is 11.5 Å². The van der Waals surface area contributed by atoms with Crippen molar-refractivity contribution in [2.45, 2.75) is 39.3 Å². The second kappa shape index (κ2) is 9.02. The van der Waals surface area contributed by atoms with Crippen molar-refractivity contribution in [1.29, 1.82) is 0 Å². The van der Waals surface area contributed by atoms with Crippen LogP contribution >= 0.6 is 0 Å². The third kappa shape index (κ3) is 4.39. The van der Waals surface area contributed by atoms with E-state index in [-0.39, 0.29) is 17.4 Å². The molecule has 2 aromatic heterocycles. The summed E-state index contributed by atoms with van der Waals surface area (Å²) in [5.41, 5.74) is 1.84. The number of aromatic hydroxyl groups is 1. The van der Waals surface area contributed by atoms with Crippen LogP contribution in [-0.2, 0) is 6.54 Å². The number of benzene rings is 1. The van der Waals surface area contributed by atoms with Crippen LogP contribution in [0.15, 0.2) is 57.9 Å². The Kier molecular flexibility index (Phi) is 6.18. The van der Waals surface area contributed by atoms with Gasteiger partial charge in [-0.1, -0.05) is 19.1 Å². The Morgan fingerprint density at radius 3 is 2.65 bits per heavy atom. The minimum absolute atomic E-state index is 0.0321. The molecular weight excluding hydrogens is 392 g/mol. The SMILES string of the molecule is COc1cccc([C@H](c2c(O)cc(C)n(Cc3ccco3)c2=O)N2CCC(C)CC2)c1. The lowest BCUT2D eigenvalue weighted by Gasteiger charge is -2.37. The van der Waals surface area contributed by atoms with E-state index in [2.05, 4.69) is 11.8 Å². The van der Waals surface area contributed by atoms with Crippen molar-refractivity contribution in [3.05, 3.63) is 81.7 Å². The monoisotopic (exact) mass is 422 g/mol. The molecule has 1 saturated heterocycles. The highest BCUT2D eigenvalue weighted by molar-refractivity contribution is 5.43. The zero-order chi connectivity index (χ0) is 22.0. The highest BCUT2D eigenvalue weighted by Crippen LogP contribution is 2.36. The zero-order valence-electron chi connectivity index (χ0n) is 18.4. The van der Waals surface area contributed by atoms with E-state index in [0.717, 1.165) is 37.2 Å². The first-order chi connectivity index (χ1) is 15.0. The summed E-state index contributed by atoms with van der Waals surface area (Å²) in [7, 11) is 1.64. The van der Waals surface area contributed by atoms with Crippen molar-refractivity contribution in [1.82, 2.24) is 9.47 Å². The molecule has 0 saturated carbocycles. The van der Waals surface area contributed by atoms with Crippen LogP contribution in [-0.4, -0.2) is 34.8 Å². The van der Waals surface area contributed by atoms with Crippen LogP contribution in [0, 0.1) is 12.8 Å². The standard InChI is InChI=1S/C25H30N2O4/c1-17-9-11-26(12-10-17)24(19-6-4-7-20(15-19)30-3)23-22(28)14-18(2)27(25(23)29)16-21-8-5-13-31-21/h4-8,13-15,17,24,28H,9-12,16H2,1-3H3/t24-/m1/s1. The van der Waals surface area contributed by atoms with Gasteiger partial charge < -0.3 is 18.8 Å². The van der Waals surface area contributed by atoms with Crippen molar-refractivity contribution in [2.24, 2.45) is 5.92 Å². The minimum atomic E-state index is -0.349. The van der Waals surface area contributed by atoms with Crippen LogP contribution in [0.2, 0.25) is 0 Å². The third-order valence-corrected chi connectivity index (χ3v) is 6.28. The lowest BCUT2D eigenvalue weighted by Crippen LogP contribution is -2.40. The molecule has 4 rings (SSSR count). The maximum absolute atomic E-state index is 13.7. The van der Waals surface area contributed by atoms with Crippen LogP contribution in [0.3, 0.4) is 0 Å². The molecule has 6 heteroatoms. The molecule has 0 aliphatic carbocycles. The number of ether oxygens (including phenoxy) is 1. The average Bonchev–Trinajstić information content (AvgIpc) is 3.28. The second-order valence-corrected chi connectivity index (χ2v) is 8.45. The Morgan fingerprint density at radius 2 is 1.97 bits per heavy atom. The lowest BCUT2D eigenvalue weighted by atomic mass is 9.92. The molecule has 1 aliphatic heterocycles. The first-order valence-electron chi connectivity index (χ1n) is 10.8. The predicted molar refractivity (Wildman–Crippen MR) is 120 cm³/mol. The highest BCUT2D eigenvalue weighted by Gasteiger charge is 2.31. The van der Waals surface area contributed by atoms with E-state index >= 15 is 0 Å². The summed E-state index contributed by atoms with van der Waals surface area (Å²) in [6.45, 7) is 6.16. The quantitative estimate of drug-likeness (QED) is 0.640. The number of furan rings is 1. The van der Waals surface area contributed by atoms with E-state index < -0.39 is 0 Å². The first-order valence-corrected chi connectivity index (χ1v) is 10.8. The number of aryl methyl sites for hydroxylation is 1. The maximum atomic E-state index is 13.7. The molecule has 1 aliphatic rings. The van der Waals surface area contributed by atoms with Gasteiger partial charge in [0.25, 0.3) is 5.56 Å². The van der Waals surface area contributed by atoms with Gasteiger partial charge in [-0.15, -0.1) is 0 Å². The molecule has 1 atom stereocenters. The van der Waals surface area contributed by atoms with Gasteiger partial charge in [0.05, 0.1) is 31.5 Å². The number of piperidine rings is 1. The fraction of sp³-hybridized carbons (Fsp3) is 0.400. The molecule has 3 heterocycles. The van der Waals surface area contributed by atoms with E-state index in [1.165, 1.54) is 0 Å². The van der Waals surface area contributed by atoms with Crippen molar-refractivity contribution in [3.63, 3.8) is 0 Å². The number of methoxy groups -OCH3 is 1. The first kappa shape index (κ1) is 21.2. The highest BCUT2D eigenvalue weighted by atomic mass is 16.5. The molecule has 3 aromatic rings. The largest absolute Gasteiger partial charge is 0.507 e. The Bertz CT molecular complexity index is 1080. The topological polar surface area (TPSA) is 67.8 Å². The average molecular weight is 423 g/mol. The van der Waals surface area contributed by atoms with Gasteiger partial charge in [-0.3, -0.25) is 9.69 Å². The van der Waals surface area contributed by atoms with Crippen LogP contribution in [0.5, 0.6) is 11.5 Å². The van der Waals surface area contributed by atoms with Gasteiger partial charge in [0, 0.05) is 5.69 Å². The summed E-state index contributed by atoms with van der Waals surface area (Å²) in [4.78, 5) is 16.0. The Hall–Kier alpha value is -2.99. The Balaban J connectivity index is 1.85. The third-order valence-electron chi connectivity index (χ3n) is 6.28. The fourth-order valence-corrected chi connectivity index (χ4v) is 4.44. The molecule has 6 nitrogen and oxygen atoms in total. The van der Waals surface area contributed by atoms with Crippen molar-refractivity contribution in [2.75, 3.05) is 20.2 Å². The number of likely N-dealkylation sites (tertiary alicyclic amines) is 1. The normalized spacial score (nSPS) is 16.4. The molecule has 0 bridgehead atoms. The van der Waals surface area contributed by atoms with Crippen molar-refractivity contribution < 1.29 is 14.3 Å². The number of hydrogen-bond acceptors (Lipinski definition) is 5. The van der Waals surface area contributed by atoms with Crippen LogP contribution < -0.4 is 10.3 Å². The summed E-state index contributed by atoms with van der Waals surface area (Å²) in [6, 6.07) is 12.8. The van der Waals surface area contributed by atoms with E-state index in [1.54, 1.807) is 24.0 Å². The number of pyridine rings is 1. The number of rotatable bonds is 6. The summed E-state index contributed by atoms with van der Waals surface area (Å²) in [5, 5.41) is 11.0. The van der Waals surface area contributed by atoms with Gasteiger partial charge in [0.1, 0.15) is 17.3 Å². The van der Waals surface area contributed by atoms with Gasteiger partial charge in [-0.2, -0.15) is 0 Å². The van der Waals surface area contributed by atoms with E-state index in [1.807, 2.05) is 43.3 Å². The minimum Gasteiger partial charge on any atom is -0.507 e. The molecule has 0 radical (unpaired) electrons. The van der Waals surface area contributed by atoms with E-state index in [4.69, 9.17) is 9.15 Å². The fourth-order valence-electron chi connectivity index (χ4n) is 4.44. The maximum Gasteiger partial charge on any atom is 0.260 e. The second-order valence-electron chi connectivity index (χ2n) is 8.45. The van der Waals surface area contributed by atoms with Gasteiger partial charge in [-0.05, 0) is 74.7 Å². The summed E-state index contributed by atoms with van der Waals surface area (Å²) in [5.74, 6) is 2.12. The van der Waals surface area contributed by atoms with E-state index in [9.17, 15) is 9.90 Å². The number of hydrogen-bond donors (Lipinski definition) is 1.